The fourth-order valence-electron chi connectivity index (χ4n) is 3.34. The van der Waals surface area contributed by atoms with E-state index in [1.807, 2.05) is 6.07 Å². The maximum atomic E-state index is 12.5. The summed E-state index contributed by atoms with van der Waals surface area (Å²) >= 11 is 0. The number of esters is 1. The highest BCUT2D eigenvalue weighted by Crippen LogP contribution is 2.39. The number of carbonyl (C=O) groups is 3. The Morgan fingerprint density at radius 2 is 1.81 bits per heavy atom. The van der Waals surface area contributed by atoms with Crippen molar-refractivity contribution in [2.45, 2.75) is 12.8 Å². The Bertz CT molecular complexity index is 990. The van der Waals surface area contributed by atoms with Gasteiger partial charge in [0.15, 0.2) is 18.1 Å². The molecule has 0 aromatic heterocycles. The highest BCUT2D eigenvalue weighted by atomic mass is 16.5. The number of rotatable bonds is 8. The zero-order valence-corrected chi connectivity index (χ0v) is 17.6. The van der Waals surface area contributed by atoms with Gasteiger partial charge in [-0.1, -0.05) is 6.07 Å². The minimum Gasteiger partial charge on any atom is -0.493 e. The number of amides is 2. The molecule has 9 heteroatoms. The van der Waals surface area contributed by atoms with E-state index in [-0.39, 0.29) is 23.0 Å². The molecule has 0 aliphatic carbocycles. The summed E-state index contributed by atoms with van der Waals surface area (Å²) in [6, 6.07) is 9.97. The molecular weight excluding hydrogens is 404 g/mol. The number of ether oxygens (including phenoxy) is 4. The maximum absolute atomic E-state index is 12.5. The van der Waals surface area contributed by atoms with Gasteiger partial charge in [0.25, 0.3) is 5.91 Å². The number of nitrogens with zero attached hydrogens (tertiary/aromatic N) is 1. The van der Waals surface area contributed by atoms with Gasteiger partial charge >= 0.3 is 5.97 Å². The van der Waals surface area contributed by atoms with Gasteiger partial charge in [-0.3, -0.25) is 9.59 Å². The molecule has 0 spiro atoms. The number of methoxy groups -OCH3 is 3. The van der Waals surface area contributed by atoms with Crippen molar-refractivity contribution >= 4 is 29.2 Å². The molecule has 31 heavy (non-hydrogen) atoms. The topological polar surface area (TPSA) is 103 Å². The van der Waals surface area contributed by atoms with Crippen LogP contribution in [0.15, 0.2) is 36.4 Å². The molecular formula is C22H24N2O7. The lowest BCUT2D eigenvalue weighted by molar-refractivity contribution is -0.119. The van der Waals surface area contributed by atoms with Crippen molar-refractivity contribution in [1.29, 1.82) is 0 Å². The molecule has 9 nitrogen and oxygen atoms in total. The Labute approximate surface area is 179 Å². The predicted octanol–water partition coefficient (Wildman–Crippen LogP) is 2.63. The molecule has 2 aromatic rings. The van der Waals surface area contributed by atoms with Crippen LogP contribution in [0.5, 0.6) is 17.2 Å². The standard InChI is InChI=1S/C22H24N2O7/c1-28-17-10-9-16(20(29-2)21(17)30-3)22(27)31-13-18(25)23-14-6-4-7-15(12-14)24-11-5-8-19(24)26/h4,6-7,9-10,12H,5,8,11,13H2,1-3H3,(H,23,25). The largest absolute Gasteiger partial charge is 0.493 e. The van der Waals surface area contributed by atoms with E-state index in [0.717, 1.165) is 6.42 Å². The Hall–Kier alpha value is -3.75. The van der Waals surface area contributed by atoms with Crippen molar-refractivity contribution in [2.75, 3.05) is 44.7 Å². The Kier molecular flexibility index (Phi) is 6.96. The summed E-state index contributed by atoms with van der Waals surface area (Å²) in [4.78, 5) is 38.4. The zero-order chi connectivity index (χ0) is 22.4. The molecule has 0 atom stereocenters. The van der Waals surface area contributed by atoms with Crippen LogP contribution in [-0.4, -0.2) is 52.3 Å². The van der Waals surface area contributed by atoms with Crippen molar-refractivity contribution in [3.8, 4) is 17.2 Å². The average molecular weight is 428 g/mol. The smallest absolute Gasteiger partial charge is 0.342 e. The molecule has 1 N–H and O–H groups in total. The monoisotopic (exact) mass is 428 g/mol. The molecule has 2 amide bonds. The lowest BCUT2D eigenvalue weighted by atomic mass is 10.1. The second-order valence-corrected chi connectivity index (χ2v) is 6.71. The van der Waals surface area contributed by atoms with E-state index in [1.54, 1.807) is 29.2 Å². The molecule has 0 bridgehead atoms. The molecule has 0 radical (unpaired) electrons. The maximum Gasteiger partial charge on any atom is 0.342 e. The third-order valence-electron chi connectivity index (χ3n) is 4.77. The average Bonchev–Trinajstić information content (AvgIpc) is 3.22. The van der Waals surface area contributed by atoms with Gasteiger partial charge in [0.1, 0.15) is 5.56 Å². The van der Waals surface area contributed by atoms with Crippen LogP contribution in [0, 0.1) is 0 Å². The molecule has 164 valence electrons. The van der Waals surface area contributed by atoms with E-state index < -0.39 is 18.5 Å². The Morgan fingerprint density at radius 3 is 2.45 bits per heavy atom. The fourth-order valence-corrected chi connectivity index (χ4v) is 3.34. The van der Waals surface area contributed by atoms with Crippen LogP contribution in [0.1, 0.15) is 23.2 Å². The zero-order valence-electron chi connectivity index (χ0n) is 17.6. The Morgan fingerprint density at radius 1 is 1.03 bits per heavy atom. The van der Waals surface area contributed by atoms with Gasteiger partial charge in [0.05, 0.1) is 21.3 Å². The highest BCUT2D eigenvalue weighted by Gasteiger charge is 2.23. The summed E-state index contributed by atoms with van der Waals surface area (Å²) in [5.74, 6) is -0.416. The SMILES string of the molecule is COc1ccc(C(=O)OCC(=O)Nc2cccc(N3CCCC3=O)c2)c(OC)c1OC. The fraction of sp³-hybridized carbons (Fsp3) is 0.318. The van der Waals surface area contributed by atoms with Crippen molar-refractivity contribution in [1.82, 2.24) is 0 Å². The van der Waals surface area contributed by atoms with Crippen LogP contribution >= 0.6 is 0 Å². The van der Waals surface area contributed by atoms with Gasteiger partial charge in [-0.05, 0) is 36.8 Å². The van der Waals surface area contributed by atoms with E-state index in [2.05, 4.69) is 5.32 Å². The predicted molar refractivity (Wildman–Crippen MR) is 113 cm³/mol. The number of anilines is 2. The summed E-state index contributed by atoms with van der Waals surface area (Å²) in [5, 5.41) is 2.67. The van der Waals surface area contributed by atoms with E-state index in [4.69, 9.17) is 18.9 Å². The van der Waals surface area contributed by atoms with E-state index >= 15 is 0 Å². The lowest BCUT2D eigenvalue weighted by Gasteiger charge is -2.17. The third kappa shape index (κ3) is 4.88. The number of carbonyl (C=O) groups excluding carboxylic acids is 3. The number of hydrogen-bond acceptors (Lipinski definition) is 7. The molecule has 3 rings (SSSR count). The van der Waals surface area contributed by atoms with Crippen molar-refractivity contribution < 1.29 is 33.3 Å². The summed E-state index contributed by atoms with van der Waals surface area (Å²) in [6.45, 7) is 0.157. The first-order valence-corrected chi connectivity index (χ1v) is 9.64. The Balaban J connectivity index is 1.64. The van der Waals surface area contributed by atoms with Crippen molar-refractivity contribution in [3.05, 3.63) is 42.0 Å². The van der Waals surface area contributed by atoms with Gasteiger partial charge < -0.3 is 29.2 Å². The minimum atomic E-state index is -0.746. The summed E-state index contributed by atoms with van der Waals surface area (Å²) in [7, 11) is 4.28. The molecule has 0 saturated carbocycles. The summed E-state index contributed by atoms with van der Waals surface area (Å²) in [5.41, 5.74) is 1.32. The van der Waals surface area contributed by atoms with E-state index in [0.29, 0.717) is 30.1 Å². The molecule has 1 saturated heterocycles. The highest BCUT2D eigenvalue weighted by molar-refractivity contribution is 5.99. The van der Waals surface area contributed by atoms with Crippen LogP contribution in [0.3, 0.4) is 0 Å². The first-order valence-electron chi connectivity index (χ1n) is 9.64. The molecule has 1 fully saturated rings. The first-order chi connectivity index (χ1) is 15.0. The van der Waals surface area contributed by atoms with Crippen LogP contribution in [-0.2, 0) is 14.3 Å². The van der Waals surface area contributed by atoms with Crippen LogP contribution in [0.25, 0.3) is 0 Å². The molecule has 1 aliphatic rings. The second kappa shape index (κ2) is 9.84. The van der Waals surface area contributed by atoms with Crippen molar-refractivity contribution in [2.24, 2.45) is 0 Å². The molecule has 1 heterocycles. The lowest BCUT2D eigenvalue weighted by Crippen LogP contribution is -2.24. The van der Waals surface area contributed by atoms with Gasteiger partial charge in [0, 0.05) is 24.3 Å². The van der Waals surface area contributed by atoms with E-state index in [9.17, 15) is 14.4 Å². The third-order valence-corrected chi connectivity index (χ3v) is 4.77. The molecule has 1 aliphatic heterocycles. The summed E-state index contributed by atoms with van der Waals surface area (Å²) < 4.78 is 20.8. The number of hydrogen-bond donors (Lipinski definition) is 1. The second-order valence-electron chi connectivity index (χ2n) is 6.71. The summed E-state index contributed by atoms with van der Waals surface area (Å²) in [6.07, 6.45) is 1.33. The normalized spacial score (nSPS) is 13.0. The number of nitrogens with one attached hydrogen (secondary N) is 1. The molecule has 0 unspecified atom stereocenters. The van der Waals surface area contributed by atoms with Gasteiger partial charge in [-0.2, -0.15) is 0 Å². The van der Waals surface area contributed by atoms with Crippen LogP contribution < -0.4 is 24.4 Å². The first kappa shape index (κ1) is 21.9. The van der Waals surface area contributed by atoms with Crippen molar-refractivity contribution in [3.63, 3.8) is 0 Å². The van der Waals surface area contributed by atoms with Crippen LogP contribution in [0.2, 0.25) is 0 Å². The van der Waals surface area contributed by atoms with Gasteiger partial charge in [-0.15, -0.1) is 0 Å². The quantitative estimate of drug-likeness (QED) is 0.645. The number of benzene rings is 2. The van der Waals surface area contributed by atoms with Crippen LogP contribution in [0.4, 0.5) is 11.4 Å². The van der Waals surface area contributed by atoms with Gasteiger partial charge in [-0.25, -0.2) is 4.79 Å². The molecule has 2 aromatic carbocycles. The minimum absolute atomic E-state index is 0.0567. The van der Waals surface area contributed by atoms with Gasteiger partial charge in [0.2, 0.25) is 11.7 Å². The van der Waals surface area contributed by atoms with E-state index in [1.165, 1.54) is 27.4 Å².